The van der Waals surface area contributed by atoms with Crippen LogP contribution in [0.2, 0.25) is 0 Å². The second-order valence-electron chi connectivity index (χ2n) is 8.89. The van der Waals surface area contributed by atoms with Crippen LogP contribution in [0.4, 0.5) is 0 Å². The molecule has 0 unspecified atom stereocenters. The van der Waals surface area contributed by atoms with Gasteiger partial charge in [0.2, 0.25) is 5.69 Å². The molecule has 0 spiro atoms. The number of hydrogen-bond acceptors (Lipinski definition) is 2. The van der Waals surface area contributed by atoms with Gasteiger partial charge in [-0.15, -0.1) is 0 Å². The molecule has 3 nitrogen and oxygen atoms in total. The van der Waals surface area contributed by atoms with Crippen molar-refractivity contribution in [3.63, 3.8) is 0 Å². The minimum atomic E-state index is 0.620. The average Bonchev–Trinajstić information content (AvgIpc) is 3.28. The Morgan fingerprint density at radius 1 is 0.714 bits per heavy atom. The van der Waals surface area contributed by atoms with Crippen molar-refractivity contribution >= 4 is 21.9 Å². The zero-order valence-corrected chi connectivity index (χ0v) is 19.6. The third-order valence-electron chi connectivity index (χ3n) is 6.69. The van der Waals surface area contributed by atoms with Crippen molar-refractivity contribution in [1.82, 2.24) is 0 Å². The Morgan fingerprint density at radius 3 is 2.17 bits per heavy atom. The Balaban J connectivity index is 1.61. The van der Waals surface area contributed by atoms with E-state index in [2.05, 4.69) is 72.2 Å². The lowest BCUT2D eigenvalue weighted by molar-refractivity contribution is -0.660. The second kappa shape index (κ2) is 8.27. The lowest BCUT2D eigenvalue weighted by atomic mass is 9.96. The maximum absolute atomic E-state index is 9.80. The molecule has 35 heavy (non-hydrogen) atoms. The molecule has 2 aromatic heterocycles. The largest absolute Gasteiger partial charge is 0.454 e. The zero-order chi connectivity index (χ0) is 23.9. The van der Waals surface area contributed by atoms with Gasteiger partial charge >= 0.3 is 0 Å². The van der Waals surface area contributed by atoms with E-state index in [0.717, 1.165) is 55.4 Å². The van der Waals surface area contributed by atoms with Crippen molar-refractivity contribution in [2.75, 3.05) is 0 Å². The molecule has 2 heterocycles. The fraction of sp³-hybridized carbons (Fsp3) is 0.0625. The van der Waals surface area contributed by atoms with E-state index >= 15 is 0 Å². The summed E-state index contributed by atoms with van der Waals surface area (Å²) in [4.78, 5) is 0. The van der Waals surface area contributed by atoms with E-state index in [0.29, 0.717) is 5.56 Å². The molecule has 0 bridgehead atoms. The van der Waals surface area contributed by atoms with Crippen LogP contribution in [-0.2, 0) is 7.05 Å². The fourth-order valence-electron chi connectivity index (χ4n) is 4.89. The van der Waals surface area contributed by atoms with Crippen molar-refractivity contribution in [1.29, 1.82) is 5.26 Å². The minimum Gasteiger partial charge on any atom is -0.454 e. The standard InChI is InChI=1S/C32H23N2O/c1-21-11-16-26-28-19-22(20-33)18-27(25-14-12-24(13-15-25)23-8-4-3-5-9-23)31(28)35-32(26)30(21)29-10-6-7-17-34(29)2/h3-19H,1-2H3/q+1. The molecule has 0 radical (unpaired) electrons. The lowest BCUT2D eigenvalue weighted by Crippen LogP contribution is -2.30. The number of hydrogen-bond donors (Lipinski definition) is 0. The first-order valence-corrected chi connectivity index (χ1v) is 11.6. The number of pyridine rings is 1. The highest BCUT2D eigenvalue weighted by Gasteiger charge is 2.22. The molecule has 0 aliphatic heterocycles. The third kappa shape index (κ3) is 3.48. The monoisotopic (exact) mass is 451 g/mol. The van der Waals surface area contributed by atoms with Crippen LogP contribution < -0.4 is 4.57 Å². The molecule has 0 aliphatic carbocycles. The van der Waals surface area contributed by atoms with E-state index in [-0.39, 0.29) is 0 Å². The number of rotatable bonds is 3. The fourth-order valence-corrected chi connectivity index (χ4v) is 4.89. The first-order chi connectivity index (χ1) is 17.1. The van der Waals surface area contributed by atoms with E-state index in [4.69, 9.17) is 4.42 Å². The van der Waals surface area contributed by atoms with E-state index in [1.54, 1.807) is 0 Å². The number of aryl methyl sites for hydroxylation is 2. The molecule has 4 aromatic carbocycles. The molecule has 0 N–H and O–H groups in total. The summed E-state index contributed by atoms with van der Waals surface area (Å²) in [5.41, 5.74) is 9.86. The van der Waals surface area contributed by atoms with Crippen molar-refractivity contribution in [2.45, 2.75) is 6.92 Å². The highest BCUT2D eigenvalue weighted by atomic mass is 16.3. The average molecular weight is 452 g/mol. The molecule has 0 fully saturated rings. The summed E-state index contributed by atoms with van der Waals surface area (Å²) in [5.74, 6) is 0. The molecule has 0 saturated carbocycles. The van der Waals surface area contributed by atoms with Crippen LogP contribution in [0.5, 0.6) is 0 Å². The minimum absolute atomic E-state index is 0.620. The van der Waals surface area contributed by atoms with Gasteiger partial charge < -0.3 is 4.42 Å². The molecule has 3 heteroatoms. The van der Waals surface area contributed by atoms with Gasteiger partial charge in [0.05, 0.1) is 17.2 Å². The third-order valence-corrected chi connectivity index (χ3v) is 6.69. The molecule has 0 aliphatic rings. The second-order valence-corrected chi connectivity index (χ2v) is 8.89. The van der Waals surface area contributed by atoms with Crippen LogP contribution in [0, 0.1) is 18.3 Å². The van der Waals surface area contributed by atoms with Gasteiger partial charge in [-0.25, -0.2) is 4.57 Å². The van der Waals surface area contributed by atoms with Gasteiger partial charge in [-0.05, 0) is 47.4 Å². The van der Waals surface area contributed by atoms with Crippen molar-refractivity contribution < 1.29 is 8.98 Å². The van der Waals surface area contributed by atoms with Gasteiger partial charge in [0.1, 0.15) is 18.2 Å². The van der Waals surface area contributed by atoms with E-state index in [1.807, 2.05) is 55.7 Å². The van der Waals surface area contributed by atoms with Gasteiger partial charge in [0.15, 0.2) is 6.20 Å². The number of fused-ring (bicyclic) bond motifs is 3. The van der Waals surface area contributed by atoms with Crippen LogP contribution in [-0.4, -0.2) is 0 Å². The Bertz CT molecular complexity index is 1750. The summed E-state index contributed by atoms with van der Waals surface area (Å²) in [6.45, 7) is 2.11. The van der Waals surface area contributed by atoms with Gasteiger partial charge in [-0.3, -0.25) is 0 Å². The number of nitriles is 1. The van der Waals surface area contributed by atoms with Crippen LogP contribution >= 0.6 is 0 Å². The number of aromatic nitrogens is 1. The smallest absolute Gasteiger partial charge is 0.216 e. The molecule has 6 rings (SSSR count). The maximum Gasteiger partial charge on any atom is 0.216 e. The van der Waals surface area contributed by atoms with Gasteiger partial charge in [-0.1, -0.05) is 66.7 Å². The Hall–Kier alpha value is -4.68. The van der Waals surface area contributed by atoms with Crippen molar-refractivity contribution in [2.24, 2.45) is 7.05 Å². The van der Waals surface area contributed by atoms with E-state index in [9.17, 15) is 5.26 Å². The van der Waals surface area contributed by atoms with E-state index in [1.165, 1.54) is 5.56 Å². The zero-order valence-electron chi connectivity index (χ0n) is 19.6. The molecular weight excluding hydrogens is 428 g/mol. The Kier molecular flexibility index (Phi) is 4.94. The molecule has 0 atom stereocenters. The van der Waals surface area contributed by atoms with Crippen LogP contribution in [0.3, 0.4) is 0 Å². The van der Waals surface area contributed by atoms with Gasteiger partial charge in [-0.2, -0.15) is 5.26 Å². The SMILES string of the molecule is Cc1ccc2c(oc3c(-c4ccc(-c5ccccc5)cc4)cc(C#N)cc32)c1-c1cccc[n+]1C. The summed E-state index contributed by atoms with van der Waals surface area (Å²) in [6.07, 6.45) is 2.05. The Labute approximate surface area is 204 Å². The van der Waals surface area contributed by atoms with E-state index < -0.39 is 0 Å². The summed E-state index contributed by atoms with van der Waals surface area (Å²) in [7, 11) is 2.05. The Morgan fingerprint density at radius 2 is 1.43 bits per heavy atom. The molecule has 0 saturated heterocycles. The lowest BCUT2D eigenvalue weighted by Gasteiger charge is -2.06. The van der Waals surface area contributed by atoms with Crippen LogP contribution in [0.25, 0.3) is 55.4 Å². The molecular formula is C32H23N2O+. The number of furan rings is 1. The first-order valence-electron chi connectivity index (χ1n) is 11.6. The summed E-state index contributed by atoms with van der Waals surface area (Å²) in [6, 6.07) is 35.4. The van der Waals surface area contributed by atoms with Gasteiger partial charge in [0.25, 0.3) is 0 Å². The van der Waals surface area contributed by atoms with Crippen molar-refractivity contribution in [3.8, 4) is 39.6 Å². The first kappa shape index (κ1) is 20.9. The summed E-state index contributed by atoms with van der Waals surface area (Å²) >= 11 is 0. The maximum atomic E-state index is 9.80. The normalized spacial score (nSPS) is 11.1. The van der Waals surface area contributed by atoms with Crippen molar-refractivity contribution in [3.05, 3.63) is 114 Å². The summed E-state index contributed by atoms with van der Waals surface area (Å²) < 4.78 is 8.76. The van der Waals surface area contributed by atoms with Crippen LogP contribution in [0.15, 0.2) is 108 Å². The summed E-state index contributed by atoms with van der Waals surface area (Å²) in [5, 5.41) is 11.8. The molecule has 0 amide bonds. The predicted octanol–water partition coefficient (Wildman–Crippen LogP) is 7.59. The van der Waals surface area contributed by atoms with Crippen LogP contribution in [0.1, 0.15) is 11.1 Å². The highest BCUT2D eigenvalue weighted by molar-refractivity contribution is 6.13. The topological polar surface area (TPSA) is 40.8 Å². The highest BCUT2D eigenvalue weighted by Crippen LogP contribution is 2.41. The number of benzene rings is 4. The quantitative estimate of drug-likeness (QED) is 0.260. The molecule has 166 valence electrons. The molecule has 6 aromatic rings. The number of nitrogens with zero attached hydrogens (tertiary/aromatic N) is 2. The predicted molar refractivity (Wildman–Crippen MR) is 141 cm³/mol. The van der Waals surface area contributed by atoms with Gasteiger partial charge in [0, 0.05) is 28.5 Å².